The summed E-state index contributed by atoms with van der Waals surface area (Å²) in [6, 6.07) is 14.1. The van der Waals surface area contributed by atoms with Gasteiger partial charge in [0.2, 0.25) is 0 Å². The lowest BCUT2D eigenvalue weighted by atomic mass is 9.65. The summed E-state index contributed by atoms with van der Waals surface area (Å²) in [6.45, 7) is 8.57. The quantitative estimate of drug-likeness (QED) is 0.243. The zero-order chi connectivity index (χ0) is 25.6. The molecule has 0 aliphatic heterocycles. The van der Waals surface area contributed by atoms with Crippen molar-refractivity contribution in [3.63, 3.8) is 0 Å². The van der Waals surface area contributed by atoms with E-state index in [1.54, 1.807) is 38.5 Å². The maximum atomic E-state index is 11.8. The molecule has 0 saturated carbocycles. The number of methoxy groups -OCH3 is 2. The average molecular weight is 485 g/mol. The molecular formula is C30H28O6. The van der Waals surface area contributed by atoms with Crippen LogP contribution in [0.25, 0.3) is 21.9 Å². The second-order valence-corrected chi connectivity index (χ2v) is 9.49. The molecule has 0 spiro atoms. The fourth-order valence-corrected chi connectivity index (χ4v) is 5.57. The first-order chi connectivity index (χ1) is 17.3. The van der Waals surface area contributed by atoms with Gasteiger partial charge in [-0.2, -0.15) is 0 Å². The van der Waals surface area contributed by atoms with Crippen molar-refractivity contribution in [1.82, 2.24) is 0 Å². The fraction of sp³-hybridized carbons (Fsp3) is 0.267. The van der Waals surface area contributed by atoms with Crippen LogP contribution in [0.4, 0.5) is 0 Å². The molecule has 3 atom stereocenters. The topological polar surface area (TPSA) is 78.9 Å². The highest BCUT2D eigenvalue weighted by atomic mass is 16.5. The number of hydrogen-bond acceptors (Lipinski definition) is 6. The third kappa shape index (κ3) is 4.13. The van der Waals surface area contributed by atoms with Gasteiger partial charge in [0.05, 0.1) is 14.2 Å². The average Bonchev–Trinajstić information content (AvgIpc) is 2.86. The van der Waals surface area contributed by atoms with Crippen LogP contribution < -0.4 is 20.7 Å². The molecular weight excluding hydrogens is 456 g/mol. The summed E-state index contributed by atoms with van der Waals surface area (Å²) in [4.78, 5) is 23.5. The Morgan fingerprint density at radius 3 is 1.92 bits per heavy atom. The Labute approximate surface area is 208 Å². The molecule has 0 bridgehead atoms. The molecule has 0 unspecified atom stereocenters. The fourth-order valence-electron chi connectivity index (χ4n) is 5.57. The Morgan fingerprint density at radius 1 is 0.861 bits per heavy atom. The maximum Gasteiger partial charge on any atom is 0.336 e. The van der Waals surface area contributed by atoms with Gasteiger partial charge < -0.3 is 18.3 Å². The molecule has 0 saturated heterocycles. The molecule has 184 valence electrons. The van der Waals surface area contributed by atoms with Crippen molar-refractivity contribution < 1.29 is 18.3 Å². The Hall–Kier alpha value is -4.06. The van der Waals surface area contributed by atoms with E-state index in [0.717, 1.165) is 33.9 Å². The summed E-state index contributed by atoms with van der Waals surface area (Å²) >= 11 is 0. The maximum absolute atomic E-state index is 11.8. The Bertz CT molecular complexity index is 1640. The van der Waals surface area contributed by atoms with Gasteiger partial charge in [-0.05, 0) is 61.9 Å². The Kier molecular flexibility index (Phi) is 6.04. The Morgan fingerprint density at radius 2 is 1.39 bits per heavy atom. The van der Waals surface area contributed by atoms with Crippen LogP contribution >= 0.6 is 0 Å². The molecule has 2 aromatic heterocycles. The van der Waals surface area contributed by atoms with Gasteiger partial charge in [0.1, 0.15) is 22.7 Å². The molecule has 1 aliphatic carbocycles. The van der Waals surface area contributed by atoms with Gasteiger partial charge in [-0.3, -0.25) is 0 Å². The molecule has 5 rings (SSSR count). The predicted octanol–water partition coefficient (Wildman–Crippen LogP) is 6.33. The number of fused-ring (bicyclic) bond motifs is 2. The summed E-state index contributed by atoms with van der Waals surface area (Å²) < 4.78 is 22.4. The normalized spacial score (nSPS) is 19.8. The lowest BCUT2D eigenvalue weighted by Crippen LogP contribution is -2.26. The highest BCUT2D eigenvalue weighted by molar-refractivity contribution is 5.81. The number of benzene rings is 2. The standard InChI is InChI=1S/C30H28O6/c1-16(2)30-22(20-12-18-6-8-28(31)35-24(18)14-26(20)33-4)10-17(3)11-23(30)21-13-19-7-9-29(32)36-25(19)15-27(21)34-5/h6-10,12-15,22-23,30H,1,11H2,2-5H3/t22-,23-,30+/m1/s1. The van der Waals surface area contributed by atoms with Crippen LogP contribution in [0.5, 0.6) is 11.5 Å². The first kappa shape index (κ1) is 23.7. The van der Waals surface area contributed by atoms with Crippen molar-refractivity contribution in [2.24, 2.45) is 5.92 Å². The third-order valence-electron chi connectivity index (χ3n) is 7.10. The van der Waals surface area contributed by atoms with E-state index in [1.807, 2.05) is 6.07 Å². The van der Waals surface area contributed by atoms with Crippen molar-refractivity contribution in [3.05, 3.63) is 104 Å². The second kappa shape index (κ2) is 9.19. The molecule has 2 heterocycles. The zero-order valence-electron chi connectivity index (χ0n) is 20.8. The van der Waals surface area contributed by atoms with E-state index in [9.17, 15) is 9.59 Å². The van der Waals surface area contributed by atoms with Crippen LogP contribution in [0.3, 0.4) is 0 Å². The van der Waals surface area contributed by atoms with Gasteiger partial charge >= 0.3 is 11.3 Å². The van der Waals surface area contributed by atoms with Crippen LogP contribution in [-0.2, 0) is 0 Å². The first-order valence-corrected chi connectivity index (χ1v) is 11.9. The van der Waals surface area contributed by atoms with Crippen molar-refractivity contribution in [3.8, 4) is 11.5 Å². The van der Waals surface area contributed by atoms with Gasteiger partial charge in [-0.1, -0.05) is 23.8 Å². The number of hydrogen-bond donors (Lipinski definition) is 0. The minimum absolute atomic E-state index is 0.0263. The zero-order valence-corrected chi connectivity index (χ0v) is 20.8. The van der Waals surface area contributed by atoms with E-state index < -0.39 is 11.3 Å². The van der Waals surface area contributed by atoms with Crippen molar-refractivity contribution in [2.75, 3.05) is 14.2 Å². The van der Waals surface area contributed by atoms with E-state index >= 15 is 0 Å². The lowest BCUT2D eigenvalue weighted by molar-refractivity contribution is 0.365. The predicted molar refractivity (Wildman–Crippen MR) is 140 cm³/mol. The van der Waals surface area contributed by atoms with Gasteiger partial charge in [0.15, 0.2) is 0 Å². The monoisotopic (exact) mass is 484 g/mol. The van der Waals surface area contributed by atoms with E-state index in [1.165, 1.54) is 17.7 Å². The summed E-state index contributed by atoms with van der Waals surface area (Å²) in [5.74, 6) is 1.41. The molecule has 4 aromatic rings. The van der Waals surface area contributed by atoms with Crippen LogP contribution in [0.15, 0.2) is 90.8 Å². The molecule has 0 N–H and O–H groups in total. The van der Waals surface area contributed by atoms with Crippen LogP contribution in [0.2, 0.25) is 0 Å². The van der Waals surface area contributed by atoms with Gasteiger partial charge in [-0.15, -0.1) is 0 Å². The van der Waals surface area contributed by atoms with E-state index in [2.05, 4.69) is 32.6 Å². The molecule has 1 aliphatic rings. The summed E-state index contributed by atoms with van der Waals surface area (Å²) in [5.41, 5.74) is 4.51. The van der Waals surface area contributed by atoms with Crippen molar-refractivity contribution in [1.29, 1.82) is 0 Å². The molecule has 6 heteroatoms. The van der Waals surface area contributed by atoms with Crippen LogP contribution in [-0.4, -0.2) is 14.2 Å². The van der Waals surface area contributed by atoms with E-state index in [0.29, 0.717) is 22.7 Å². The first-order valence-electron chi connectivity index (χ1n) is 11.9. The number of ether oxygens (including phenoxy) is 2. The van der Waals surface area contributed by atoms with E-state index in [-0.39, 0.29) is 17.8 Å². The van der Waals surface area contributed by atoms with Crippen molar-refractivity contribution in [2.45, 2.75) is 32.1 Å². The van der Waals surface area contributed by atoms with Crippen LogP contribution in [0, 0.1) is 5.92 Å². The smallest absolute Gasteiger partial charge is 0.336 e. The third-order valence-corrected chi connectivity index (χ3v) is 7.10. The minimum Gasteiger partial charge on any atom is -0.496 e. The molecule has 2 aromatic carbocycles. The summed E-state index contributed by atoms with van der Waals surface area (Å²) in [5, 5.41) is 1.67. The number of allylic oxidation sites excluding steroid dienone is 3. The van der Waals surface area contributed by atoms with Gasteiger partial charge in [-0.25, -0.2) is 9.59 Å². The molecule has 0 amide bonds. The SMILES string of the molecule is C=C(C)[C@H]1[C@@H](c2cc3ccc(=O)oc3cc2OC)C=C(C)C[C@@H]1c1cc2ccc(=O)oc2cc1OC. The minimum atomic E-state index is -0.398. The molecule has 6 nitrogen and oxygen atoms in total. The molecule has 36 heavy (non-hydrogen) atoms. The van der Waals surface area contributed by atoms with Gasteiger partial charge in [0, 0.05) is 46.5 Å². The van der Waals surface area contributed by atoms with Gasteiger partial charge in [0.25, 0.3) is 0 Å². The van der Waals surface area contributed by atoms with Crippen molar-refractivity contribution >= 4 is 21.9 Å². The van der Waals surface area contributed by atoms with Crippen LogP contribution in [0.1, 0.15) is 43.2 Å². The number of rotatable bonds is 5. The largest absolute Gasteiger partial charge is 0.496 e. The summed E-state index contributed by atoms with van der Waals surface area (Å²) in [6.07, 6.45) is 3.11. The molecule has 0 fully saturated rings. The molecule has 0 radical (unpaired) electrons. The Balaban J connectivity index is 1.70. The second-order valence-electron chi connectivity index (χ2n) is 9.49. The highest BCUT2D eigenvalue weighted by Gasteiger charge is 2.37. The lowest BCUT2D eigenvalue weighted by Gasteiger charge is -2.39. The summed E-state index contributed by atoms with van der Waals surface area (Å²) in [7, 11) is 3.25. The van der Waals surface area contributed by atoms with E-state index in [4.69, 9.17) is 18.3 Å². The highest BCUT2D eigenvalue weighted by Crippen LogP contribution is 2.52.